The number of nitrogens with two attached hydrogens (primary N) is 1. The molecule has 0 amide bonds. The molecular weight excluding hydrogens is 301 g/mol. The molecule has 0 aliphatic rings. The topological polar surface area (TPSA) is 46.2 Å². The second-order valence-corrected chi connectivity index (χ2v) is 5.51. The van der Waals surface area contributed by atoms with Gasteiger partial charge in [-0.1, -0.05) is 26.0 Å². The fourth-order valence-corrected chi connectivity index (χ4v) is 1.83. The van der Waals surface area contributed by atoms with Crippen LogP contribution in [0.3, 0.4) is 0 Å². The minimum absolute atomic E-state index is 0.168. The first-order valence-electron chi connectivity index (χ1n) is 5.15. The molecule has 3 heteroatoms. The molecular formula is C12H18INO. The molecule has 1 aromatic rings. The van der Waals surface area contributed by atoms with E-state index in [9.17, 15) is 5.11 Å². The average molecular weight is 319 g/mol. The molecule has 0 aliphatic heterocycles. The van der Waals surface area contributed by atoms with Crippen molar-refractivity contribution < 1.29 is 5.11 Å². The number of halogens is 1. The Balaban J connectivity index is 2.79. The Morgan fingerprint density at radius 2 is 1.87 bits per heavy atom. The van der Waals surface area contributed by atoms with Crippen LogP contribution in [-0.2, 0) is 6.42 Å². The van der Waals surface area contributed by atoms with Gasteiger partial charge in [-0.3, -0.25) is 0 Å². The first-order chi connectivity index (χ1) is 6.98. The molecule has 0 fully saturated rings. The van der Waals surface area contributed by atoms with Crippen LogP contribution >= 0.6 is 22.6 Å². The van der Waals surface area contributed by atoms with E-state index in [-0.39, 0.29) is 5.92 Å². The van der Waals surface area contributed by atoms with E-state index in [1.165, 1.54) is 3.57 Å². The van der Waals surface area contributed by atoms with Crippen molar-refractivity contribution in [2.75, 3.05) is 6.54 Å². The molecule has 15 heavy (non-hydrogen) atoms. The lowest BCUT2D eigenvalue weighted by molar-refractivity contribution is 0.00407. The van der Waals surface area contributed by atoms with E-state index in [0.717, 1.165) is 5.56 Å². The Bertz CT molecular complexity index is 310. The first-order valence-corrected chi connectivity index (χ1v) is 6.22. The van der Waals surface area contributed by atoms with Gasteiger partial charge in [0.25, 0.3) is 0 Å². The maximum Gasteiger partial charge on any atom is 0.0832 e. The SMILES string of the molecule is CC(C)C(O)(CN)Cc1ccc(I)cc1. The van der Waals surface area contributed by atoms with Crippen LogP contribution < -0.4 is 5.73 Å². The predicted molar refractivity (Wildman–Crippen MR) is 71.7 cm³/mol. The van der Waals surface area contributed by atoms with Gasteiger partial charge >= 0.3 is 0 Å². The van der Waals surface area contributed by atoms with Gasteiger partial charge in [0.1, 0.15) is 0 Å². The third-order valence-corrected chi connectivity index (χ3v) is 3.57. The normalized spacial score (nSPS) is 15.3. The van der Waals surface area contributed by atoms with Gasteiger partial charge < -0.3 is 10.8 Å². The van der Waals surface area contributed by atoms with Crippen LogP contribution in [0, 0.1) is 9.49 Å². The van der Waals surface area contributed by atoms with E-state index in [1.54, 1.807) is 0 Å². The van der Waals surface area contributed by atoms with Crippen molar-refractivity contribution in [2.24, 2.45) is 11.7 Å². The fraction of sp³-hybridized carbons (Fsp3) is 0.500. The van der Waals surface area contributed by atoms with Crippen molar-refractivity contribution in [2.45, 2.75) is 25.9 Å². The summed E-state index contributed by atoms with van der Waals surface area (Å²) in [5, 5.41) is 10.3. The summed E-state index contributed by atoms with van der Waals surface area (Å²) in [5.41, 5.74) is 5.99. The van der Waals surface area contributed by atoms with Gasteiger partial charge in [-0.2, -0.15) is 0 Å². The smallest absolute Gasteiger partial charge is 0.0832 e. The van der Waals surface area contributed by atoms with Gasteiger partial charge in [-0.05, 0) is 46.2 Å². The lowest BCUT2D eigenvalue weighted by Gasteiger charge is -2.30. The van der Waals surface area contributed by atoms with Gasteiger partial charge in [0, 0.05) is 16.5 Å². The van der Waals surface area contributed by atoms with Gasteiger partial charge in [-0.15, -0.1) is 0 Å². The van der Waals surface area contributed by atoms with Crippen molar-refractivity contribution >= 4 is 22.6 Å². The molecule has 0 radical (unpaired) electrons. The molecule has 2 nitrogen and oxygen atoms in total. The third-order valence-electron chi connectivity index (χ3n) is 2.85. The zero-order valence-corrected chi connectivity index (χ0v) is 11.4. The molecule has 0 saturated heterocycles. The average Bonchev–Trinajstić information content (AvgIpc) is 2.21. The summed E-state index contributed by atoms with van der Waals surface area (Å²) in [5.74, 6) is 0.168. The van der Waals surface area contributed by atoms with Crippen LogP contribution in [0.2, 0.25) is 0 Å². The molecule has 3 N–H and O–H groups in total. The number of hydrogen-bond donors (Lipinski definition) is 2. The molecule has 1 aromatic carbocycles. The van der Waals surface area contributed by atoms with Gasteiger partial charge in [0.15, 0.2) is 0 Å². The van der Waals surface area contributed by atoms with E-state index >= 15 is 0 Å². The second kappa shape index (κ2) is 5.27. The lowest BCUT2D eigenvalue weighted by atomic mass is 9.84. The number of hydrogen-bond acceptors (Lipinski definition) is 2. The van der Waals surface area contributed by atoms with Crippen LogP contribution in [-0.4, -0.2) is 17.3 Å². The van der Waals surface area contributed by atoms with E-state index in [1.807, 2.05) is 38.1 Å². The molecule has 1 rings (SSSR count). The zero-order chi connectivity index (χ0) is 11.5. The van der Waals surface area contributed by atoms with Gasteiger partial charge in [-0.25, -0.2) is 0 Å². The summed E-state index contributed by atoms with van der Waals surface area (Å²) in [6.07, 6.45) is 0.623. The van der Waals surface area contributed by atoms with Gasteiger partial charge in [0.05, 0.1) is 5.60 Å². The van der Waals surface area contributed by atoms with Crippen LogP contribution in [0.1, 0.15) is 19.4 Å². The van der Waals surface area contributed by atoms with Crippen LogP contribution in [0.15, 0.2) is 24.3 Å². The summed E-state index contributed by atoms with van der Waals surface area (Å²) in [6.45, 7) is 4.30. The first kappa shape index (κ1) is 12.9. The van der Waals surface area contributed by atoms with Crippen molar-refractivity contribution in [3.63, 3.8) is 0 Å². The standard InChI is InChI=1S/C12H18INO/c1-9(2)12(15,8-14)7-10-3-5-11(13)6-4-10/h3-6,9,15H,7-8,14H2,1-2H3. The Morgan fingerprint density at radius 3 is 2.27 bits per heavy atom. The van der Waals surface area contributed by atoms with Crippen molar-refractivity contribution in [3.8, 4) is 0 Å². The third kappa shape index (κ3) is 3.43. The minimum atomic E-state index is -0.785. The minimum Gasteiger partial charge on any atom is -0.388 e. The maximum absolute atomic E-state index is 10.3. The molecule has 0 saturated carbocycles. The van der Waals surface area contributed by atoms with Crippen molar-refractivity contribution in [1.29, 1.82) is 0 Å². The van der Waals surface area contributed by atoms with Crippen LogP contribution in [0.25, 0.3) is 0 Å². The lowest BCUT2D eigenvalue weighted by Crippen LogP contribution is -2.44. The van der Waals surface area contributed by atoms with E-state index in [4.69, 9.17) is 5.73 Å². The highest BCUT2D eigenvalue weighted by Gasteiger charge is 2.29. The molecule has 0 spiro atoms. The Labute approximate surface area is 105 Å². The number of benzene rings is 1. The fourth-order valence-electron chi connectivity index (χ4n) is 1.47. The molecule has 0 bridgehead atoms. The van der Waals surface area contributed by atoms with Crippen molar-refractivity contribution in [3.05, 3.63) is 33.4 Å². The quantitative estimate of drug-likeness (QED) is 0.836. The van der Waals surface area contributed by atoms with Crippen molar-refractivity contribution in [1.82, 2.24) is 0 Å². The highest BCUT2D eigenvalue weighted by Crippen LogP contribution is 2.21. The van der Waals surface area contributed by atoms with E-state index < -0.39 is 5.60 Å². The van der Waals surface area contributed by atoms with Crippen LogP contribution in [0.5, 0.6) is 0 Å². The van der Waals surface area contributed by atoms with E-state index in [2.05, 4.69) is 22.6 Å². The Morgan fingerprint density at radius 1 is 1.33 bits per heavy atom. The summed E-state index contributed by atoms with van der Waals surface area (Å²) in [7, 11) is 0. The highest BCUT2D eigenvalue weighted by atomic mass is 127. The van der Waals surface area contributed by atoms with E-state index in [0.29, 0.717) is 13.0 Å². The molecule has 84 valence electrons. The molecule has 0 heterocycles. The zero-order valence-electron chi connectivity index (χ0n) is 9.20. The Hall–Kier alpha value is -0.130. The molecule has 0 aromatic heterocycles. The Kier molecular flexibility index (Phi) is 4.55. The molecule has 1 unspecified atom stereocenters. The maximum atomic E-state index is 10.3. The second-order valence-electron chi connectivity index (χ2n) is 4.27. The monoisotopic (exact) mass is 319 g/mol. The number of rotatable bonds is 4. The highest BCUT2D eigenvalue weighted by molar-refractivity contribution is 14.1. The largest absolute Gasteiger partial charge is 0.388 e. The summed E-state index contributed by atoms with van der Waals surface area (Å²) < 4.78 is 1.21. The number of aliphatic hydroxyl groups is 1. The predicted octanol–water partition coefficient (Wildman–Crippen LogP) is 2.18. The molecule has 1 atom stereocenters. The van der Waals surface area contributed by atoms with Gasteiger partial charge in [0.2, 0.25) is 0 Å². The van der Waals surface area contributed by atoms with Crippen LogP contribution in [0.4, 0.5) is 0 Å². The summed E-state index contributed by atoms with van der Waals surface area (Å²) >= 11 is 2.27. The summed E-state index contributed by atoms with van der Waals surface area (Å²) in [6, 6.07) is 8.19. The summed E-state index contributed by atoms with van der Waals surface area (Å²) in [4.78, 5) is 0. The molecule has 0 aliphatic carbocycles.